The Morgan fingerprint density at radius 1 is 0.929 bits per heavy atom. The fourth-order valence-electron chi connectivity index (χ4n) is 2.35. The van der Waals surface area contributed by atoms with Crippen molar-refractivity contribution in [1.82, 2.24) is 0 Å². The molecule has 2 atom stereocenters. The third-order valence-corrected chi connectivity index (χ3v) is 3.79. The van der Waals surface area contributed by atoms with E-state index in [0.717, 1.165) is 0 Å². The van der Waals surface area contributed by atoms with Gasteiger partial charge in [0.05, 0.1) is 0 Å². The van der Waals surface area contributed by atoms with Crippen LogP contribution in [0.4, 0.5) is 11.4 Å². The van der Waals surface area contributed by atoms with Crippen LogP contribution < -0.4 is 15.4 Å². The van der Waals surface area contributed by atoms with Crippen LogP contribution in [0, 0.1) is 0 Å². The second-order valence-electron chi connectivity index (χ2n) is 6.15. The number of nitrogens with one attached hydrogen (secondary N) is 2. The lowest BCUT2D eigenvalue weighted by atomic mass is 10.2. The van der Waals surface area contributed by atoms with Crippen LogP contribution in [0.2, 0.25) is 0 Å². The topological polar surface area (TPSA) is 93.7 Å². The first-order valence-corrected chi connectivity index (χ1v) is 8.99. The summed E-state index contributed by atoms with van der Waals surface area (Å²) in [6.07, 6.45) is -1.38. The number of rotatable bonds is 8. The lowest BCUT2D eigenvalue weighted by molar-refractivity contribution is -0.160. The highest BCUT2D eigenvalue weighted by molar-refractivity contribution is 5.96. The Kier molecular flexibility index (Phi) is 7.56. The number of esters is 1. The van der Waals surface area contributed by atoms with Gasteiger partial charge in [0.15, 0.2) is 12.2 Å². The number of amides is 2. The first-order chi connectivity index (χ1) is 13.4. The standard InChI is InChI=1S/C21H24N2O5/c1-4-19(28-18-8-6-5-7-9-18)21(26)27-14(2)20(25)23-17-12-10-16(11-13-17)22-15(3)24/h5-14,19H,4H2,1-3H3,(H,22,24)(H,23,25)/t14-,19+/m1/s1. The van der Waals surface area contributed by atoms with E-state index in [-0.39, 0.29) is 5.91 Å². The van der Waals surface area contributed by atoms with Crippen LogP contribution in [0.25, 0.3) is 0 Å². The maximum atomic E-state index is 12.3. The smallest absolute Gasteiger partial charge is 0.348 e. The monoisotopic (exact) mass is 384 g/mol. The van der Waals surface area contributed by atoms with Gasteiger partial charge < -0.3 is 20.1 Å². The molecule has 148 valence electrons. The molecule has 2 N–H and O–H groups in total. The fourth-order valence-corrected chi connectivity index (χ4v) is 2.35. The van der Waals surface area contributed by atoms with E-state index in [9.17, 15) is 14.4 Å². The van der Waals surface area contributed by atoms with Crippen molar-refractivity contribution in [3.05, 3.63) is 54.6 Å². The molecule has 0 radical (unpaired) electrons. The zero-order valence-corrected chi connectivity index (χ0v) is 16.1. The van der Waals surface area contributed by atoms with Crippen LogP contribution in [0.15, 0.2) is 54.6 Å². The van der Waals surface area contributed by atoms with Gasteiger partial charge in [0.1, 0.15) is 5.75 Å². The Labute approximate surface area is 164 Å². The fraction of sp³-hybridized carbons (Fsp3) is 0.286. The predicted octanol–water partition coefficient (Wildman–Crippen LogP) is 3.37. The van der Waals surface area contributed by atoms with E-state index in [4.69, 9.17) is 9.47 Å². The molecule has 2 aromatic carbocycles. The summed E-state index contributed by atoms with van der Waals surface area (Å²) in [5.41, 5.74) is 1.14. The molecule has 0 aliphatic heterocycles. The summed E-state index contributed by atoms with van der Waals surface area (Å²) >= 11 is 0. The molecule has 0 spiro atoms. The summed E-state index contributed by atoms with van der Waals surface area (Å²) in [6, 6.07) is 15.6. The second kappa shape index (κ2) is 10.1. The minimum Gasteiger partial charge on any atom is -0.479 e. The van der Waals surface area contributed by atoms with Gasteiger partial charge in [0.25, 0.3) is 5.91 Å². The molecule has 7 heteroatoms. The third-order valence-electron chi connectivity index (χ3n) is 3.79. The molecule has 0 aliphatic rings. The van der Waals surface area contributed by atoms with Gasteiger partial charge in [-0.15, -0.1) is 0 Å². The Morgan fingerprint density at radius 2 is 1.50 bits per heavy atom. The largest absolute Gasteiger partial charge is 0.479 e. The second-order valence-corrected chi connectivity index (χ2v) is 6.15. The van der Waals surface area contributed by atoms with E-state index < -0.39 is 24.1 Å². The average Bonchev–Trinajstić information content (AvgIpc) is 2.67. The van der Waals surface area contributed by atoms with E-state index in [1.54, 1.807) is 55.5 Å². The summed E-state index contributed by atoms with van der Waals surface area (Å²) in [5, 5.41) is 5.30. The van der Waals surface area contributed by atoms with Crippen molar-refractivity contribution >= 4 is 29.2 Å². The SMILES string of the molecule is CC[C@H](Oc1ccccc1)C(=O)O[C@H](C)C(=O)Nc1ccc(NC(C)=O)cc1. The number of hydrogen-bond donors (Lipinski definition) is 2. The Hall–Kier alpha value is -3.35. The van der Waals surface area contributed by atoms with Gasteiger partial charge in [-0.3, -0.25) is 9.59 Å². The van der Waals surface area contributed by atoms with Gasteiger partial charge in [-0.25, -0.2) is 4.79 Å². The number of carbonyl (C=O) groups is 3. The number of ether oxygens (including phenoxy) is 2. The van der Waals surface area contributed by atoms with Crippen LogP contribution in [-0.4, -0.2) is 30.0 Å². The van der Waals surface area contributed by atoms with Crippen molar-refractivity contribution in [3.63, 3.8) is 0 Å². The summed E-state index contributed by atoms with van der Waals surface area (Å²) in [5.74, 6) is -0.687. The predicted molar refractivity (Wildman–Crippen MR) is 106 cm³/mol. The summed E-state index contributed by atoms with van der Waals surface area (Å²) in [6.45, 7) is 4.71. The maximum absolute atomic E-state index is 12.3. The molecule has 0 heterocycles. The highest BCUT2D eigenvalue weighted by Crippen LogP contribution is 2.16. The Morgan fingerprint density at radius 3 is 2.04 bits per heavy atom. The van der Waals surface area contributed by atoms with Gasteiger partial charge in [0.2, 0.25) is 5.91 Å². The molecule has 0 bridgehead atoms. The number of hydrogen-bond acceptors (Lipinski definition) is 5. The minimum atomic E-state index is -0.990. The molecule has 2 amide bonds. The number of para-hydroxylation sites is 1. The van der Waals surface area contributed by atoms with Crippen LogP contribution in [0.1, 0.15) is 27.2 Å². The highest BCUT2D eigenvalue weighted by atomic mass is 16.6. The number of anilines is 2. The number of carbonyl (C=O) groups excluding carboxylic acids is 3. The molecule has 7 nitrogen and oxygen atoms in total. The van der Waals surface area contributed by atoms with E-state index in [1.807, 2.05) is 6.07 Å². The molecule has 28 heavy (non-hydrogen) atoms. The zero-order valence-electron chi connectivity index (χ0n) is 16.1. The lowest BCUT2D eigenvalue weighted by Crippen LogP contribution is -2.36. The van der Waals surface area contributed by atoms with Crippen LogP contribution in [0.3, 0.4) is 0 Å². The number of benzene rings is 2. The summed E-state index contributed by atoms with van der Waals surface area (Å²) in [7, 11) is 0. The van der Waals surface area contributed by atoms with E-state index in [1.165, 1.54) is 13.8 Å². The molecular formula is C21H24N2O5. The molecule has 0 saturated heterocycles. The molecule has 2 aromatic rings. The molecule has 0 saturated carbocycles. The Balaban J connectivity index is 1.89. The molecule has 0 fully saturated rings. The maximum Gasteiger partial charge on any atom is 0.348 e. The average molecular weight is 384 g/mol. The summed E-state index contributed by atoms with van der Waals surface area (Å²) < 4.78 is 10.9. The van der Waals surface area contributed by atoms with E-state index in [2.05, 4.69) is 10.6 Å². The molecule has 0 aliphatic carbocycles. The van der Waals surface area contributed by atoms with Crippen molar-refractivity contribution in [3.8, 4) is 5.75 Å². The quantitative estimate of drug-likeness (QED) is 0.681. The van der Waals surface area contributed by atoms with Crippen molar-refractivity contribution in [2.75, 3.05) is 10.6 Å². The van der Waals surface area contributed by atoms with Crippen molar-refractivity contribution < 1.29 is 23.9 Å². The first-order valence-electron chi connectivity index (χ1n) is 8.99. The Bertz CT molecular complexity index is 805. The summed E-state index contributed by atoms with van der Waals surface area (Å²) in [4.78, 5) is 35.6. The van der Waals surface area contributed by atoms with Gasteiger partial charge >= 0.3 is 5.97 Å². The first kappa shape index (κ1) is 21.0. The van der Waals surface area contributed by atoms with Gasteiger partial charge in [-0.05, 0) is 49.7 Å². The highest BCUT2D eigenvalue weighted by Gasteiger charge is 2.25. The molecule has 0 unspecified atom stereocenters. The van der Waals surface area contributed by atoms with E-state index >= 15 is 0 Å². The molecule has 0 aromatic heterocycles. The molecule has 2 rings (SSSR count). The molecular weight excluding hydrogens is 360 g/mol. The van der Waals surface area contributed by atoms with Crippen LogP contribution in [-0.2, 0) is 19.1 Å². The minimum absolute atomic E-state index is 0.180. The van der Waals surface area contributed by atoms with Gasteiger partial charge in [-0.2, -0.15) is 0 Å². The van der Waals surface area contributed by atoms with Gasteiger partial charge in [0, 0.05) is 18.3 Å². The lowest BCUT2D eigenvalue weighted by Gasteiger charge is -2.19. The van der Waals surface area contributed by atoms with E-state index in [0.29, 0.717) is 23.5 Å². The van der Waals surface area contributed by atoms with Crippen LogP contribution in [0.5, 0.6) is 5.75 Å². The van der Waals surface area contributed by atoms with Crippen LogP contribution >= 0.6 is 0 Å². The normalized spacial score (nSPS) is 12.4. The third kappa shape index (κ3) is 6.42. The van der Waals surface area contributed by atoms with Crippen molar-refractivity contribution in [1.29, 1.82) is 0 Å². The van der Waals surface area contributed by atoms with Crippen molar-refractivity contribution in [2.24, 2.45) is 0 Å². The zero-order chi connectivity index (χ0) is 20.5. The van der Waals surface area contributed by atoms with Crippen molar-refractivity contribution in [2.45, 2.75) is 39.4 Å². The van der Waals surface area contributed by atoms with Gasteiger partial charge in [-0.1, -0.05) is 25.1 Å².